The van der Waals surface area contributed by atoms with Gasteiger partial charge in [0.2, 0.25) is 0 Å². The molecule has 2 unspecified atom stereocenters. The molecule has 0 aromatic rings. The molecule has 5 nitrogen and oxygen atoms in total. The fourth-order valence-electron chi connectivity index (χ4n) is 2.62. The quantitative estimate of drug-likeness (QED) is 0.588. The lowest BCUT2D eigenvalue weighted by atomic mass is 9.85. The maximum atomic E-state index is 12.8. The summed E-state index contributed by atoms with van der Waals surface area (Å²) in [4.78, 5) is 3.97. The molecule has 0 amide bonds. The smallest absolute Gasteiger partial charge is 0.355 e. The Hall–Kier alpha value is -0.990. The molecule has 9 heteroatoms. The Bertz CT molecular complexity index is 539. The number of aliphatic imine (C=N–C) groups is 1. The van der Waals surface area contributed by atoms with Gasteiger partial charge in [-0.15, -0.1) is 0 Å². The van der Waals surface area contributed by atoms with E-state index in [-0.39, 0.29) is 31.2 Å². The van der Waals surface area contributed by atoms with E-state index in [1.807, 2.05) is 0 Å². The zero-order valence-corrected chi connectivity index (χ0v) is 15.5. The van der Waals surface area contributed by atoms with Crippen LogP contribution in [0.25, 0.3) is 0 Å². The Balaban J connectivity index is 2.51. The molecule has 1 aliphatic carbocycles. The summed E-state index contributed by atoms with van der Waals surface area (Å²) in [6, 6.07) is -0.309. The van der Waals surface area contributed by atoms with E-state index in [0.717, 1.165) is 0 Å². The third-order valence-corrected chi connectivity index (χ3v) is 6.91. The summed E-state index contributed by atoms with van der Waals surface area (Å²) in [5.74, 6) is -1.01. The van der Waals surface area contributed by atoms with E-state index in [2.05, 4.69) is 15.6 Å². The molecular weight excluding hydrogens is 343 g/mol. The van der Waals surface area contributed by atoms with Gasteiger partial charge in [0.25, 0.3) is 0 Å². The maximum absolute atomic E-state index is 12.8. The van der Waals surface area contributed by atoms with E-state index in [1.54, 1.807) is 20.8 Å². The van der Waals surface area contributed by atoms with Crippen LogP contribution in [0.2, 0.25) is 0 Å². The van der Waals surface area contributed by atoms with Crippen molar-refractivity contribution in [2.75, 3.05) is 19.3 Å². The highest BCUT2D eigenvalue weighted by atomic mass is 32.2. The Morgan fingerprint density at radius 2 is 1.83 bits per heavy atom. The standard InChI is InChI=1S/C15H28F3N3O2S/c1-14(2,3)24(22,23)9-8-20-13(19-4)21-12-7-5-6-11(10-12)15(16,17)18/h11-12H,5-10H2,1-4H3,(H2,19,20,21). The SMILES string of the molecule is CN=C(NCCS(=O)(=O)C(C)(C)C)NC1CCCC(C(F)(F)F)C1. The molecule has 2 atom stereocenters. The van der Waals surface area contributed by atoms with Gasteiger partial charge in [0.15, 0.2) is 15.8 Å². The lowest BCUT2D eigenvalue weighted by molar-refractivity contribution is -0.183. The molecule has 0 heterocycles. The van der Waals surface area contributed by atoms with Crippen molar-refractivity contribution in [1.29, 1.82) is 0 Å². The van der Waals surface area contributed by atoms with Crippen molar-refractivity contribution in [1.82, 2.24) is 10.6 Å². The summed E-state index contributed by atoms with van der Waals surface area (Å²) in [6.07, 6.45) is -2.83. The fraction of sp³-hybridized carbons (Fsp3) is 0.933. The number of alkyl halides is 3. The van der Waals surface area contributed by atoms with Gasteiger partial charge < -0.3 is 10.6 Å². The van der Waals surface area contributed by atoms with E-state index < -0.39 is 26.7 Å². The van der Waals surface area contributed by atoms with Crippen LogP contribution in [0.15, 0.2) is 4.99 Å². The fourth-order valence-corrected chi connectivity index (χ4v) is 3.60. The van der Waals surface area contributed by atoms with Crippen LogP contribution in [0.4, 0.5) is 13.2 Å². The normalized spacial score (nSPS) is 23.9. The average molecular weight is 371 g/mol. The Kier molecular flexibility index (Phi) is 6.95. The van der Waals surface area contributed by atoms with Gasteiger partial charge in [-0.3, -0.25) is 4.99 Å². The zero-order chi connectivity index (χ0) is 18.6. The molecule has 142 valence electrons. The van der Waals surface area contributed by atoms with Gasteiger partial charge in [0.1, 0.15) is 0 Å². The van der Waals surface area contributed by atoms with E-state index in [1.165, 1.54) is 7.05 Å². The molecule has 0 spiro atoms. The van der Waals surface area contributed by atoms with Gasteiger partial charge in [-0.05, 0) is 40.0 Å². The highest BCUT2D eigenvalue weighted by Crippen LogP contribution is 2.37. The van der Waals surface area contributed by atoms with Crippen molar-refractivity contribution < 1.29 is 21.6 Å². The second kappa shape index (κ2) is 7.93. The minimum atomic E-state index is -4.17. The van der Waals surface area contributed by atoms with E-state index in [0.29, 0.717) is 18.8 Å². The number of rotatable bonds is 4. The molecule has 1 rings (SSSR count). The molecule has 1 fully saturated rings. The molecule has 2 N–H and O–H groups in total. The Labute approximate surface area is 142 Å². The van der Waals surface area contributed by atoms with Gasteiger partial charge >= 0.3 is 6.18 Å². The summed E-state index contributed by atoms with van der Waals surface area (Å²) in [5.41, 5.74) is 0. The molecule has 0 saturated heterocycles. The molecule has 0 aromatic heterocycles. The van der Waals surface area contributed by atoms with Crippen LogP contribution in [0.3, 0.4) is 0 Å². The first-order chi connectivity index (χ1) is 10.9. The highest BCUT2D eigenvalue weighted by molar-refractivity contribution is 7.92. The predicted octanol–water partition coefficient (Wildman–Crippen LogP) is 2.49. The summed E-state index contributed by atoms with van der Waals surface area (Å²) < 4.78 is 61.8. The topological polar surface area (TPSA) is 70.6 Å². The van der Waals surface area contributed by atoms with Crippen LogP contribution in [-0.2, 0) is 9.84 Å². The van der Waals surface area contributed by atoms with Crippen molar-refractivity contribution in [3.63, 3.8) is 0 Å². The summed E-state index contributed by atoms with van der Waals surface area (Å²) in [7, 11) is -1.75. The molecule has 24 heavy (non-hydrogen) atoms. The molecular formula is C15H28F3N3O2S. The molecule has 0 aliphatic heterocycles. The number of halogens is 3. The van der Waals surface area contributed by atoms with E-state index >= 15 is 0 Å². The van der Waals surface area contributed by atoms with Crippen LogP contribution < -0.4 is 10.6 Å². The summed E-state index contributed by atoms with van der Waals surface area (Å²) >= 11 is 0. The van der Waals surface area contributed by atoms with Gasteiger partial charge in [-0.25, -0.2) is 8.42 Å². The van der Waals surface area contributed by atoms with Crippen LogP contribution in [0.1, 0.15) is 46.5 Å². The number of guanidine groups is 1. The largest absolute Gasteiger partial charge is 0.391 e. The predicted molar refractivity (Wildman–Crippen MR) is 89.8 cm³/mol. The second-order valence-electron chi connectivity index (χ2n) is 7.18. The lowest BCUT2D eigenvalue weighted by Gasteiger charge is -2.32. The number of hydrogen-bond donors (Lipinski definition) is 2. The molecule has 0 aromatic carbocycles. The van der Waals surface area contributed by atoms with Gasteiger partial charge in [0, 0.05) is 19.6 Å². The van der Waals surface area contributed by atoms with Gasteiger partial charge in [0.05, 0.1) is 16.4 Å². The average Bonchev–Trinajstić information content (AvgIpc) is 2.44. The maximum Gasteiger partial charge on any atom is 0.391 e. The zero-order valence-electron chi connectivity index (χ0n) is 14.7. The molecule has 0 bridgehead atoms. The number of nitrogens with zero attached hydrogens (tertiary/aromatic N) is 1. The second-order valence-corrected chi connectivity index (χ2v) is 10.0. The van der Waals surface area contributed by atoms with Crippen LogP contribution >= 0.6 is 0 Å². The monoisotopic (exact) mass is 371 g/mol. The number of hydrogen-bond acceptors (Lipinski definition) is 3. The van der Waals surface area contributed by atoms with Crippen molar-refractivity contribution >= 4 is 15.8 Å². The first-order valence-corrected chi connectivity index (χ1v) is 9.78. The molecule has 0 radical (unpaired) electrons. The van der Waals surface area contributed by atoms with E-state index in [9.17, 15) is 21.6 Å². The first kappa shape index (κ1) is 21.1. The summed E-state index contributed by atoms with van der Waals surface area (Å²) in [6.45, 7) is 5.06. The molecule has 1 aliphatic rings. The van der Waals surface area contributed by atoms with Crippen molar-refractivity contribution in [2.24, 2.45) is 10.9 Å². The van der Waals surface area contributed by atoms with Crippen molar-refractivity contribution in [3.8, 4) is 0 Å². The minimum Gasteiger partial charge on any atom is -0.355 e. The third kappa shape index (κ3) is 6.14. The Morgan fingerprint density at radius 3 is 2.33 bits per heavy atom. The lowest BCUT2D eigenvalue weighted by Crippen LogP contribution is -2.48. The van der Waals surface area contributed by atoms with Crippen molar-refractivity contribution in [3.05, 3.63) is 0 Å². The first-order valence-electron chi connectivity index (χ1n) is 8.13. The van der Waals surface area contributed by atoms with Gasteiger partial charge in [-0.2, -0.15) is 13.2 Å². The summed E-state index contributed by atoms with van der Waals surface area (Å²) in [5, 5.41) is 5.85. The van der Waals surface area contributed by atoms with Crippen LogP contribution in [0.5, 0.6) is 0 Å². The van der Waals surface area contributed by atoms with Crippen LogP contribution in [0, 0.1) is 5.92 Å². The van der Waals surface area contributed by atoms with Crippen LogP contribution in [-0.4, -0.2) is 50.7 Å². The molecule has 1 saturated carbocycles. The number of nitrogens with one attached hydrogen (secondary N) is 2. The van der Waals surface area contributed by atoms with Crippen molar-refractivity contribution in [2.45, 2.75) is 63.4 Å². The number of sulfone groups is 1. The van der Waals surface area contributed by atoms with E-state index in [4.69, 9.17) is 0 Å². The third-order valence-electron chi connectivity index (χ3n) is 4.30. The Morgan fingerprint density at radius 1 is 1.21 bits per heavy atom. The minimum absolute atomic E-state index is 0.0183. The van der Waals surface area contributed by atoms with Gasteiger partial charge in [-0.1, -0.05) is 6.42 Å². The highest BCUT2D eigenvalue weighted by Gasteiger charge is 2.42.